The number of sulfonamides is 1. The summed E-state index contributed by atoms with van der Waals surface area (Å²) in [7, 11) is -3.38. The lowest BCUT2D eigenvalue weighted by Gasteiger charge is -2.04. The van der Waals surface area contributed by atoms with Crippen molar-refractivity contribution in [2.75, 3.05) is 12.3 Å². The van der Waals surface area contributed by atoms with Crippen LogP contribution >= 0.6 is 15.9 Å². The van der Waals surface area contributed by atoms with E-state index >= 15 is 0 Å². The second-order valence-electron chi connectivity index (χ2n) is 2.65. The number of halogens is 1. The van der Waals surface area contributed by atoms with Crippen LogP contribution in [0.1, 0.15) is 12.8 Å². The first-order chi connectivity index (χ1) is 6.33. The van der Waals surface area contributed by atoms with Crippen LogP contribution in [0.15, 0.2) is 11.1 Å². The molecule has 82 valence electrons. The van der Waals surface area contributed by atoms with Crippen LogP contribution < -0.4 is 4.72 Å². The van der Waals surface area contributed by atoms with Gasteiger partial charge < -0.3 is 5.11 Å². The zero-order chi connectivity index (χ0) is 11.2. The lowest BCUT2D eigenvalue weighted by atomic mass is 10.3. The maximum Gasteiger partial charge on any atom is 0.303 e. The van der Waals surface area contributed by atoms with Crippen molar-refractivity contribution < 1.29 is 18.3 Å². The normalized spacial score (nSPS) is 11.2. The third-order valence-electron chi connectivity index (χ3n) is 1.29. The van der Waals surface area contributed by atoms with Crippen molar-refractivity contribution in [3.8, 4) is 0 Å². The summed E-state index contributed by atoms with van der Waals surface area (Å²) in [6.45, 7) is 3.58. The minimum atomic E-state index is -3.38. The van der Waals surface area contributed by atoms with Gasteiger partial charge in [0.25, 0.3) is 0 Å². The van der Waals surface area contributed by atoms with E-state index in [-0.39, 0.29) is 25.1 Å². The molecule has 0 unspecified atom stereocenters. The first-order valence-electron chi connectivity index (χ1n) is 3.86. The van der Waals surface area contributed by atoms with E-state index in [1.807, 2.05) is 0 Å². The summed E-state index contributed by atoms with van der Waals surface area (Å²) in [4.78, 5) is 10.1. The van der Waals surface area contributed by atoms with E-state index in [0.29, 0.717) is 4.48 Å². The van der Waals surface area contributed by atoms with Gasteiger partial charge in [-0.2, -0.15) is 0 Å². The van der Waals surface area contributed by atoms with E-state index in [1.165, 1.54) is 0 Å². The van der Waals surface area contributed by atoms with E-state index in [4.69, 9.17) is 5.11 Å². The molecule has 0 aromatic rings. The van der Waals surface area contributed by atoms with Gasteiger partial charge >= 0.3 is 5.97 Å². The largest absolute Gasteiger partial charge is 0.481 e. The van der Waals surface area contributed by atoms with Crippen LogP contribution in [0.4, 0.5) is 0 Å². The van der Waals surface area contributed by atoms with Gasteiger partial charge in [0.15, 0.2) is 0 Å². The average Bonchev–Trinajstić information content (AvgIpc) is 2.00. The summed E-state index contributed by atoms with van der Waals surface area (Å²) in [5.74, 6) is -1.18. The van der Waals surface area contributed by atoms with Gasteiger partial charge in [0.05, 0.1) is 5.75 Å². The SMILES string of the molecule is C=C(Br)CNS(=O)(=O)CCCC(=O)O. The number of carboxylic acid groups (broad SMARTS) is 1. The van der Waals surface area contributed by atoms with Crippen LogP contribution in [0.3, 0.4) is 0 Å². The number of hydrogen-bond acceptors (Lipinski definition) is 3. The molecule has 0 saturated heterocycles. The Morgan fingerprint density at radius 1 is 1.50 bits per heavy atom. The molecule has 0 amide bonds. The maximum atomic E-state index is 11.2. The Morgan fingerprint density at radius 2 is 2.07 bits per heavy atom. The Labute approximate surface area is 91.4 Å². The van der Waals surface area contributed by atoms with Crippen molar-refractivity contribution in [1.29, 1.82) is 0 Å². The fraction of sp³-hybridized carbons (Fsp3) is 0.571. The minimum Gasteiger partial charge on any atom is -0.481 e. The van der Waals surface area contributed by atoms with E-state index in [9.17, 15) is 13.2 Å². The molecule has 0 aromatic carbocycles. The highest BCUT2D eigenvalue weighted by atomic mass is 79.9. The van der Waals surface area contributed by atoms with Crippen LogP contribution in [0, 0.1) is 0 Å². The Morgan fingerprint density at radius 3 is 2.50 bits per heavy atom. The molecule has 2 N–H and O–H groups in total. The van der Waals surface area contributed by atoms with Crippen LogP contribution in [-0.2, 0) is 14.8 Å². The van der Waals surface area contributed by atoms with Gasteiger partial charge in [-0.1, -0.05) is 22.5 Å². The van der Waals surface area contributed by atoms with Gasteiger partial charge in [-0.3, -0.25) is 4.79 Å². The summed E-state index contributed by atoms with van der Waals surface area (Å²) in [6.07, 6.45) is -0.0321. The van der Waals surface area contributed by atoms with Gasteiger partial charge in [0.1, 0.15) is 0 Å². The highest BCUT2D eigenvalue weighted by Crippen LogP contribution is 2.00. The van der Waals surface area contributed by atoms with Gasteiger partial charge in [0, 0.05) is 17.4 Å². The molecular formula is C7H12BrNO4S. The second kappa shape index (κ2) is 6.15. The third-order valence-corrected chi connectivity index (χ3v) is 2.98. The predicted molar refractivity (Wildman–Crippen MR) is 56.7 cm³/mol. The standard InChI is InChI=1S/C7H12BrNO4S/c1-6(8)5-9-14(12,13)4-2-3-7(10)11/h9H,1-5H2,(H,10,11). The van der Waals surface area contributed by atoms with E-state index in [0.717, 1.165) is 0 Å². The Bertz CT molecular complexity index is 312. The first kappa shape index (κ1) is 13.6. The van der Waals surface area contributed by atoms with Crippen LogP contribution in [0.5, 0.6) is 0 Å². The second-order valence-corrected chi connectivity index (χ2v) is 5.70. The molecule has 0 heterocycles. The molecule has 0 fully saturated rings. The third kappa shape index (κ3) is 8.21. The van der Waals surface area contributed by atoms with Crippen molar-refractivity contribution in [1.82, 2.24) is 4.72 Å². The summed E-state index contributed by atoms with van der Waals surface area (Å²) in [5, 5.41) is 8.29. The molecule has 5 nitrogen and oxygen atoms in total. The molecule has 7 heteroatoms. The first-order valence-corrected chi connectivity index (χ1v) is 6.30. The Kier molecular flexibility index (Phi) is 5.98. The Balaban J connectivity index is 3.84. The summed E-state index contributed by atoms with van der Waals surface area (Å²) in [5.41, 5.74) is 0. The molecule has 0 aliphatic heterocycles. The molecule has 0 atom stereocenters. The van der Waals surface area contributed by atoms with Gasteiger partial charge in [-0.05, 0) is 6.42 Å². The van der Waals surface area contributed by atoms with Crippen molar-refractivity contribution in [3.63, 3.8) is 0 Å². The highest BCUT2D eigenvalue weighted by Gasteiger charge is 2.10. The summed E-state index contributed by atoms with van der Waals surface area (Å²) >= 11 is 3.00. The zero-order valence-electron chi connectivity index (χ0n) is 7.49. The highest BCUT2D eigenvalue weighted by molar-refractivity contribution is 9.11. The molecular weight excluding hydrogens is 274 g/mol. The maximum absolute atomic E-state index is 11.2. The number of carboxylic acids is 1. The van der Waals surface area contributed by atoms with Crippen molar-refractivity contribution >= 4 is 31.9 Å². The van der Waals surface area contributed by atoms with E-state index < -0.39 is 16.0 Å². The summed E-state index contributed by atoms with van der Waals surface area (Å²) < 4.78 is 25.1. The fourth-order valence-corrected chi connectivity index (χ4v) is 2.06. The smallest absolute Gasteiger partial charge is 0.303 e. The molecule has 14 heavy (non-hydrogen) atoms. The lowest BCUT2D eigenvalue weighted by Crippen LogP contribution is -2.27. The number of rotatable bonds is 7. The number of hydrogen-bond donors (Lipinski definition) is 2. The average molecular weight is 286 g/mol. The van der Waals surface area contributed by atoms with Gasteiger partial charge in [-0.15, -0.1) is 0 Å². The minimum absolute atomic E-state index is 0.111. The molecule has 0 rings (SSSR count). The predicted octanol–water partition coefficient (Wildman–Crippen LogP) is 0.679. The molecule has 0 aliphatic rings. The number of aliphatic carboxylic acids is 1. The van der Waals surface area contributed by atoms with Gasteiger partial charge in [0.2, 0.25) is 10.0 Å². The molecule has 0 aromatic heterocycles. The quantitative estimate of drug-likeness (QED) is 0.721. The van der Waals surface area contributed by atoms with E-state index in [1.54, 1.807) is 0 Å². The zero-order valence-corrected chi connectivity index (χ0v) is 9.90. The van der Waals surface area contributed by atoms with Gasteiger partial charge in [-0.25, -0.2) is 13.1 Å². The summed E-state index contributed by atoms with van der Waals surface area (Å²) in [6, 6.07) is 0. The monoisotopic (exact) mass is 285 g/mol. The fourth-order valence-electron chi connectivity index (χ4n) is 0.674. The number of nitrogens with one attached hydrogen (secondary N) is 1. The molecule has 0 saturated carbocycles. The number of carbonyl (C=O) groups is 1. The van der Waals surface area contributed by atoms with Crippen LogP contribution in [0.25, 0.3) is 0 Å². The van der Waals surface area contributed by atoms with Crippen LogP contribution in [0.2, 0.25) is 0 Å². The Hall–Kier alpha value is -0.400. The molecule has 0 bridgehead atoms. The van der Waals surface area contributed by atoms with Crippen LogP contribution in [-0.4, -0.2) is 31.8 Å². The molecule has 0 aliphatic carbocycles. The molecule has 0 radical (unpaired) electrons. The van der Waals surface area contributed by atoms with Crippen molar-refractivity contribution in [2.45, 2.75) is 12.8 Å². The van der Waals surface area contributed by atoms with E-state index in [2.05, 4.69) is 27.2 Å². The van der Waals surface area contributed by atoms with Crippen molar-refractivity contribution in [3.05, 3.63) is 11.1 Å². The molecule has 0 spiro atoms. The van der Waals surface area contributed by atoms with Crippen molar-refractivity contribution in [2.24, 2.45) is 0 Å². The lowest BCUT2D eigenvalue weighted by molar-refractivity contribution is -0.137. The topological polar surface area (TPSA) is 83.5 Å².